The molecule has 14 heavy (non-hydrogen) atoms. The summed E-state index contributed by atoms with van der Waals surface area (Å²) in [4.78, 5) is 10.5. The van der Waals surface area contributed by atoms with Crippen LogP contribution in [-0.2, 0) is 4.79 Å². The van der Waals surface area contributed by atoms with Crippen LogP contribution < -0.4 is 0 Å². The van der Waals surface area contributed by atoms with E-state index in [1.807, 2.05) is 17.2 Å². The Morgan fingerprint density at radius 3 is 2.50 bits per heavy atom. The monoisotopic (exact) mass is 250 g/mol. The molecule has 0 bridgehead atoms. The van der Waals surface area contributed by atoms with Gasteiger partial charge in [-0.25, -0.2) is 0 Å². The summed E-state index contributed by atoms with van der Waals surface area (Å²) in [5.41, 5.74) is 0. The van der Waals surface area contributed by atoms with Gasteiger partial charge >= 0.3 is 6.41 Å². The molecule has 0 aromatic carbocycles. The average Bonchev–Trinajstić information content (AvgIpc) is 2.19. The van der Waals surface area contributed by atoms with Gasteiger partial charge in [-0.2, -0.15) is 0 Å². The zero-order chi connectivity index (χ0) is 10.1. The molecule has 1 rings (SSSR count). The highest BCUT2D eigenvalue weighted by Crippen LogP contribution is 2.37. The number of rotatable bonds is 1. The van der Waals surface area contributed by atoms with Crippen molar-refractivity contribution < 1.29 is 4.79 Å². The minimum atomic E-state index is 0.849. The fraction of sp³-hybridized carbons (Fsp3) is 0.889. The van der Waals surface area contributed by atoms with Gasteiger partial charge in [-0.05, 0) is 22.7 Å². The molecule has 1 heterocycles. The molecule has 0 unspecified atom stereocenters. The lowest BCUT2D eigenvalue weighted by Crippen LogP contribution is -2.13. The largest absolute Gasteiger partial charge is 0.323 e. The summed E-state index contributed by atoms with van der Waals surface area (Å²) < 4.78 is 1.68. The third kappa shape index (κ3) is 6.09. The van der Waals surface area contributed by atoms with E-state index in [-0.39, 0.29) is 0 Å². The Labute approximate surface area is 97.9 Å². The number of nitrogens with zero attached hydrogens (tertiary/aromatic N) is 1. The third-order valence-electron chi connectivity index (χ3n) is 2.11. The first-order chi connectivity index (χ1) is 6.93. The topological polar surface area (TPSA) is 20.3 Å². The van der Waals surface area contributed by atoms with Gasteiger partial charge in [-0.1, -0.05) is 36.5 Å². The molecule has 81 valence electrons. The lowest BCUT2D eigenvalue weighted by molar-refractivity contribution is 0.489. The van der Waals surface area contributed by atoms with Crippen LogP contribution in [0.25, 0.3) is 0 Å². The second kappa shape index (κ2) is 8.80. The van der Waals surface area contributed by atoms with Gasteiger partial charge in [0.1, 0.15) is 0 Å². The Morgan fingerprint density at radius 2 is 1.71 bits per heavy atom. The van der Waals surface area contributed by atoms with Crippen molar-refractivity contribution in [3.8, 4) is 0 Å². The molecule has 0 aromatic rings. The molecule has 0 spiro atoms. The summed E-state index contributed by atoms with van der Waals surface area (Å²) in [6.45, 7) is 0.849. The maximum absolute atomic E-state index is 10.5. The van der Waals surface area contributed by atoms with Crippen LogP contribution in [0.15, 0.2) is 0 Å². The summed E-state index contributed by atoms with van der Waals surface area (Å²) in [6.07, 6.45) is 9.67. The molecule has 1 saturated heterocycles. The summed E-state index contributed by atoms with van der Waals surface area (Å²) in [5, 5.41) is 0. The molecule has 0 N–H and O–H groups in total. The highest BCUT2D eigenvalue weighted by Gasteiger charge is 2.05. The summed E-state index contributed by atoms with van der Waals surface area (Å²) in [6, 6.07) is 0. The van der Waals surface area contributed by atoms with Crippen molar-refractivity contribution in [2.75, 3.05) is 12.3 Å². The van der Waals surface area contributed by atoms with E-state index in [2.05, 4.69) is 0 Å². The van der Waals surface area contributed by atoms with Crippen LogP contribution in [0, 0.1) is 0 Å². The Hall–Kier alpha value is 0.520. The van der Waals surface area contributed by atoms with Gasteiger partial charge < -0.3 is 0 Å². The van der Waals surface area contributed by atoms with E-state index in [1.54, 1.807) is 14.1 Å². The smallest absolute Gasteiger partial charge is 0.268 e. The normalized spacial score (nSPS) is 22.1. The molecule has 1 fully saturated rings. The van der Waals surface area contributed by atoms with Gasteiger partial charge in [-0.15, -0.1) is 0 Å². The van der Waals surface area contributed by atoms with Crippen LogP contribution in [0.5, 0.6) is 0 Å². The minimum absolute atomic E-state index is 0.849. The fourth-order valence-electron chi connectivity index (χ4n) is 1.31. The van der Waals surface area contributed by atoms with Gasteiger partial charge in [0.25, 0.3) is 0 Å². The van der Waals surface area contributed by atoms with E-state index >= 15 is 0 Å². The van der Waals surface area contributed by atoms with Crippen molar-refractivity contribution in [2.45, 2.75) is 38.5 Å². The zero-order valence-corrected chi connectivity index (χ0v) is 10.7. The van der Waals surface area contributed by atoms with Crippen molar-refractivity contribution in [3.05, 3.63) is 0 Å². The maximum atomic E-state index is 10.5. The van der Waals surface area contributed by atoms with Gasteiger partial charge in [0.05, 0.1) is 0 Å². The predicted octanol–water partition coefficient (Wildman–Crippen LogP) is 3.65. The summed E-state index contributed by atoms with van der Waals surface area (Å²) in [5.74, 6) is 1.20. The van der Waals surface area contributed by atoms with Gasteiger partial charge in [0.2, 0.25) is 0 Å². The second-order valence-electron chi connectivity index (χ2n) is 3.28. The molecule has 0 aliphatic carbocycles. The highest BCUT2D eigenvalue weighted by molar-refractivity contribution is 9.09. The molecule has 1 aliphatic heterocycles. The summed E-state index contributed by atoms with van der Waals surface area (Å²) >= 11 is 0. The van der Waals surface area contributed by atoms with Gasteiger partial charge in [-0.3, -0.25) is 9.10 Å². The van der Waals surface area contributed by atoms with E-state index in [1.165, 1.54) is 48.8 Å². The van der Waals surface area contributed by atoms with Crippen LogP contribution in [0.2, 0.25) is 0 Å². The number of carbonyl (C=O) groups excluding carboxylic acids is 1. The Morgan fingerprint density at radius 1 is 1.00 bits per heavy atom. The lowest BCUT2D eigenvalue weighted by Gasteiger charge is -2.14. The summed E-state index contributed by atoms with van der Waals surface area (Å²) in [7, 11) is 5.07. The highest BCUT2D eigenvalue weighted by atomic mass is 33.5. The SMILES string of the molecule is O=[C]N1CCCCCCCCSSS1. The van der Waals surface area contributed by atoms with E-state index in [4.69, 9.17) is 0 Å². The molecular formula is C9H16NOS3. The van der Waals surface area contributed by atoms with Gasteiger partial charge in [0, 0.05) is 23.3 Å². The van der Waals surface area contributed by atoms with Gasteiger partial charge in [0.15, 0.2) is 0 Å². The van der Waals surface area contributed by atoms with Crippen LogP contribution >= 0.6 is 31.6 Å². The zero-order valence-electron chi connectivity index (χ0n) is 8.24. The second-order valence-corrected chi connectivity index (χ2v) is 7.44. The van der Waals surface area contributed by atoms with Crippen molar-refractivity contribution >= 4 is 38.0 Å². The number of amides is 1. The minimum Gasteiger partial charge on any atom is -0.268 e. The molecular weight excluding hydrogens is 234 g/mol. The fourth-order valence-corrected chi connectivity index (χ4v) is 4.94. The van der Waals surface area contributed by atoms with E-state index in [9.17, 15) is 4.79 Å². The van der Waals surface area contributed by atoms with Crippen molar-refractivity contribution in [1.29, 1.82) is 0 Å². The first kappa shape index (κ1) is 12.6. The Kier molecular flexibility index (Phi) is 7.91. The number of hydrogen-bond acceptors (Lipinski definition) is 4. The standard InChI is InChI=1S/C9H16NOS3/c11-9-10-7-5-3-1-2-4-6-8-12-14-13-10/h1-8H2. The maximum Gasteiger partial charge on any atom is 0.323 e. The molecule has 2 nitrogen and oxygen atoms in total. The molecule has 1 amide bonds. The Balaban J connectivity index is 2.20. The third-order valence-corrected chi connectivity index (χ3v) is 6.08. The first-order valence-electron chi connectivity index (χ1n) is 5.05. The van der Waals surface area contributed by atoms with Crippen molar-refractivity contribution in [1.82, 2.24) is 4.31 Å². The molecule has 0 atom stereocenters. The van der Waals surface area contributed by atoms with E-state index < -0.39 is 0 Å². The van der Waals surface area contributed by atoms with Crippen molar-refractivity contribution in [2.24, 2.45) is 0 Å². The molecule has 0 aromatic heterocycles. The molecule has 5 heteroatoms. The van der Waals surface area contributed by atoms with Crippen LogP contribution in [0.3, 0.4) is 0 Å². The van der Waals surface area contributed by atoms with Crippen molar-refractivity contribution in [3.63, 3.8) is 0 Å². The average molecular weight is 250 g/mol. The quantitative estimate of drug-likeness (QED) is 0.522. The molecule has 0 saturated carbocycles. The van der Waals surface area contributed by atoms with Crippen LogP contribution in [0.4, 0.5) is 0 Å². The first-order valence-corrected chi connectivity index (χ1v) is 8.66. The van der Waals surface area contributed by atoms with E-state index in [0.717, 1.165) is 13.0 Å². The molecule has 1 aliphatic rings. The van der Waals surface area contributed by atoms with E-state index in [0.29, 0.717) is 0 Å². The predicted molar refractivity (Wildman–Crippen MR) is 67.7 cm³/mol. The Bertz CT molecular complexity index is 145. The lowest BCUT2D eigenvalue weighted by atomic mass is 10.1. The van der Waals surface area contributed by atoms with Crippen LogP contribution in [-0.4, -0.2) is 23.0 Å². The number of hydrogen-bond donors (Lipinski definition) is 0. The van der Waals surface area contributed by atoms with Crippen LogP contribution in [0.1, 0.15) is 38.5 Å². The molecule has 1 radical (unpaired) electrons.